The van der Waals surface area contributed by atoms with Crippen LogP contribution in [-0.4, -0.2) is 17.9 Å². The van der Waals surface area contributed by atoms with Crippen molar-refractivity contribution in [3.05, 3.63) is 35.0 Å². The smallest absolute Gasteiger partial charge is 0.224 e. The first-order valence-corrected chi connectivity index (χ1v) is 5.38. The Morgan fingerprint density at radius 1 is 1.71 bits per heavy atom. The molecule has 0 unspecified atom stereocenters. The van der Waals surface area contributed by atoms with Crippen molar-refractivity contribution in [1.29, 1.82) is 0 Å². The molecule has 0 atom stereocenters. The second-order valence-corrected chi connectivity index (χ2v) is 3.82. The molecule has 74 valence electrons. The van der Waals surface area contributed by atoms with Gasteiger partial charge >= 0.3 is 0 Å². The summed E-state index contributed by atoms with van der Waals surface area (Å²) in [5.74, 6) is 0. The first-order chi connectivity index (χ1) is 6.83. The van der Waals surface area contributed by atoms with Crippen molar-refractivity contribution in [2.75, 3.05) is 6.54 Å². The highest BCUT2D eigenvalue weighted by molar-refractivity contribution is 7.80. The normalized spacial score (nSPS) is 10.0. The van der Waals surface area contributed by atoms with Gasteiger partial charge in [-0.05, 0) is 23.7 Å². The summed E-state index contributed by atoms with van der Waals surface area (Å²) in [6, 6.07) is 4.01. The molecule has 0 fully saturated rings. The van der Waals surface area contributed by atoms with Gasteiger partial charge in [-0.3, -0.25) is 0 Å². The van der Waals surface area contributed by atoms with Crippen molar-refractivity contribution in [3.8, 4) is 0 Å². The van der Waals surface area contributed by atoms with Gasteiger partial charge in [0, 0.05) is 6.54 Å². The summed E-state index contributed by atoms with van der Waals surface area (Å²) < 4.78 is 0. The number of thiophene rings is 1. The molecule has 0 amide bonds. The molecule has 0 radical (unpaired) electrons. The number of hydrazine groups is 1. The van der Waals surface area contributed by atoms with E-state index in [-0.39, 0.29) is 0 Å². The molecule has 1 aromatic rings. The van der Waals surface area contributed by atoms with Crippen molar-refractivity contribution in [2.45, 2.75) is 0 Å². The van der Waals surface area contributed by atoms with Crippen molar-refractivity contribution >= 4 is 34.9 Å². The van der Waals surface area contributed by atoms with Gasteiger partial charge in [0.05, 0.1) is 4.88 Å². The summed E-state index contributed by atoms with van der Waals surface area (Å²) in [6.07, 6.45) is 3.60. The van der Waals surface area contributed by atoms with Crippen LogP contribution < -0.4 is 15.8 Å². The molecule has 3 nitrogen and oxygen atoms in total. The van der Waals surface area contributed by atoms with Crippen LogP contribution in [0.5, 0.6) is 0 Å². The van der Waals surface area contributed by atoms with Crippen LogP contribution in [0.1, 0.15) is 4.88 Å². The third-order valence-electron chi connectivity index (χ3n) is 1.35. The van der Waals surface area contributed by atoms with Crippen LogP contribution in [-0.2, 0) is 0 Å². The average molecular weight is 226 g/mol. The second-order valence-electron chi connectivity index (χ2n) is 2.43. The zero-order valence-electron chi connectivity index (χ0n) is 7.62. The lowest BCUT2D eigenvalue weighted by Crippen LogP contribution is -2.82. The minimum atomic E-state index is 0.553. The van der Waals surface area contributed by atoms with Gasteiger partial charge in [-0.2, -0.15) is 0 Å². The lowest BCUT2D eigenvalue weighted by molar-refractivity contribution is -0.500. The first kappa shape index (κ1) is 10.9. The van der Waals surface area contributed by atoms with E-state index in [0.29, 0.717) is 11.7 Å². The maximum atomic E-state index is 4.97. The van der Waals surface area contributed by atoms with Gasteiger partial charge in [-0.1, -0.05) is 12.1 Å². The Morgan fingerprint density at radius 2 is 2.57 bits per heavy atom. The zero-order chi connectivity index (χ0) is 10.2. The van der Waals surface area contributed by atoms with Crippen molar-refractivity contribution in [3.63, 3.8) is 0 Å². The maximum Gasteiger partial charge on any atom is 0.224 e. The molecule has 5 heteroatoms. The fraction of sp³-hybridized carbons (Fsp3) is 0.111. The summed E-state index contributed by atoms with van der Waals surface area (Å²) in [5, 5.41) is 8.40. The Hall–Kier alpha value is -1.20. The van der Waals surface area contributed by atoms with Crippen LogP contribution in [0.2, 0.25) is 0 Å². The van der Waals surface area contributed by atoms with E-state index in [1.54, 1.807) is 17.4 Å². The highest BCUT2D eigenvalue weighted by Gasteiger charge is 1.94. The lowest BCUT2D eigenvalue weighted by atomic mass is 10.5. The van der Waals surface area contributed by atoms with E-state index < -0.39 is 0 Å². The highest BCUT2D eigenvalue weighted by atomic mass is 32.1. The SMILES string of the molecule is C=CCNC(=S)N[NH+]=Cc1cccs1. The number of nitrogens with one attached hydrogen (secondary N) is 3. The number of thiocarbonyl (C=S) groups is 1. The van der Waals surface area contributed by atoms with Crippen LogP contribution in [0, 0.1) is 0 Å². The molecule has 0 saturated heterocycles. The second kappa shape index (κ2) is 6.28. The van der Waals surface area contributed by atoms with Crippen LogP contribution in [0.3, 0.4) is 0 Å². The van der Waals surface area contributed by atoms with E-state index in [1.807, 2.05) is 23.7 Å². The van der Waals surface area contributed by atoms with Gasteiger partial charge in [0.1, 0.15) is 0 Å². The Morgan fingerprint density at radius 3 is 3.21 bits per heavy atom. The lowest BCUT2D eigenvalue weighted by Gasteiger charge is -1.98. The van der Waals surface area contributed by atoms with Crippen LogP contribution >= 0.6 is 23.6 Å². The van der Waals surface area contributed by atoms with Gasteiger partial charge in [0.2, 0.25) is 11.3 Å². The third-order valence-corrected chi connectivity index (χ3v) is 2.42. The van der Waals surface area contributed by atoms with Crippen molar-refractivity contribution in [2.24, 2.45) is 0 Å². The van der Waals surface area contributed by atoms with Crippen molar-refractivity contribution in [1.82, 2.24) is 10.7 Å². The number of hydrogen-bond donors (Lipinski definition) is 3. The van der Waals surface area contributed by atoms with E-state index in [0.717, 1.165) is 4.88 Å². The number of hydrazone groups is 1. The molecule has 0 spiro atoms. The number of hydrogen-bond acceptors (Lipinski definition) is 2. The molecule has 0 saturated carbocycles. The molecular weight excluding hydrogens is 214 g/mol. The molecule has 3 N–H and O–H groups in total. The van der Waals surface area contributed by atoms with Gasteiger partial charge in [0.25, 0.3) is 0 Å². The number of rotatable bonds is 4. The van der Waals surface area contributed by atoms with Gasteiger partial charge in [0.15, 0.2) is 0 Å². The fourth-order valence-electron chi connectivity index (χ4n) is 0.755. The molecule has 1 aromatic heterocycles. The van der Waals surface area contributed by atoms with Crippen molar-refractivity contribution < 1.29 is 5.10 Å². The van der Waals surface area contributed by atoms with Crippen LogP contribution in [0.4, 0.5) is 0 Å². The van der Waals surface area contributed by atoms with E-state index in [1.165, 1.54) is 0 Å². The van der Waals surface area contributed by atoms with Gasteiger partial charge in [-0.15, -0.1) is 28.4 Å². The first-order valence-electron chi connectivity index (χ1n) is 4.10. The van der Waals surface area contributed by atoms with E-state index >= 15 is 0 Å². The summed E-state index contributed by atoms with van der Waals surface area (Å²) in [5.41, 5.74) is 2.83. The molecule has 1 rings (SSSR count). The minimum Gasteiger partial charge on any atom is -0.355 e. The largest absolute Gasteiger partial charge is 0.355 e. The molecular formula is C9H12N3S2+. The van der Waals surface area contributed by atoms with E-state index in [9.17, 15) is 0 Å². The summed E-state index contributed by atoms with van der Waals surface area (Å²) in [6.45, 7) is 4.24. The molecule has 0 aliphatic rings. The molecule has 1 heterocycles. The maximum absolute atomic E-state index is 4.97. The summed E-state index contributed by atoms with van der Waals surface area (Å²) >= 11 is 6.62. The molecule has 14 heavy (non-hydrogen) atoms. The molecule has 0 aliphatic carbocycles. The predicted octanol–water partition coefficient (Wildman–Crippen LogP) is -0.187. The highest BCUT2D eigenvalue weighted by Crippen LogP contribution is 2.02. The Bertz CT molecular complexity index is 317. The van der Waals surface area contributed by atoms with Crippen LogP contribution in [0.15, 0.2) is 30.2 Å². The summed E-state index contributed by atoms with van der Waals surface area (Å²) in [4.78, 5) is 1.14. The fourth-order valence-corrected chi connectivity index (χ4v) is 1.50. The van der Waals surface area contributed by atoms with E-state index in [2.05, 4.69) is 22.4 Å². The molecule has 0 aromatic carbocycles. The standard InChI is InChI=1S/C9H11N3S2/c1-2-5-10-9(13)12-11-7-8-4-3-6-14-8/h2-4,6-7H,1,5H2,(H2,10,12,13)/p+1. The van der Waals surface area contributed by atoms with Crippen LogP contribution in [0.25, 0.3) is 0 Å². The predicted molar refractivity (Wildman–Crippen MR) is 64.4 cm³/mol. The average Bonchev–Trinajstić information content (AvgIpc) is 2.67. The minimum absolute atomic E-state index is 0.553. The topological polar surface area (TPSA) is 38.0 Å². The third kappa shape index (κ3) is 4.15. The van der Waals surface area contributed by atoms with Gasteiger partial charge < -0.3 is 5.32 Å². The molecule has 0 aliphatic heterocycles. The monoisotopic (exact) mass is 226 g/mol. The Balaban J connectivity index is 2.26. The molecule has 0 bridgehead atoms. The Kier molecular flexibility index (Phi) is 4.88. The Labute approximate surface area is 92.5 Å². The van der Waals surface area contributed by atoms with Gasteiger partial charge in [-0.25, -0.2) is 0 Å². The van der Waals surface area contributed by atoms with E-state index in [4.69, 9.17) is 12.2 Å². The zero-order valence-corrected chi connectivity index (χ0v) is 9.25. The summed E-state index contributed by atoms with van der Waals surface area (Å²) in [7, 11) is 0. The quantitative estimate of drug-likeness (QED) is 0.288.